The van der Waals surface area contributed by atoms with E-state index in [0.29, 0.717) is 12.5 Å². The van der Waals surface area contributed by atoms with Crippen molar-refractivity contribution in [3.05, 3.63) is 16.1 Å². The molecule has 2 aliphatic rings. The van der Waals surface area contributed by atoms with E-state index in [1.54, 1.807) is 18.3 Å². The van der Waals surface area contributed by atoms with Crippen LogP contribution >= 0.6 is 11.3 Å². The van der Waals surface area contributed by atoms with Gasteiger partial charge >= 0.3 is 0 Å². The molecule has 0 amide bonds. The van der Waals surface area contributed by atoms with Crippen LogP contribution in [0.2, 0.25) is 0 Å². The molecule has 2 aliphatic heterocycles. The second-order valence-corrected chi connectivity index (χ2v) is 9.53. The van der Waals surface area contributed by atoms with E-state index < -0.39 is 10.0 Å². The van der Waals surface area contributed by atoms with E-state index in [4.69, 9.17) is 4.74 Å². The number of ether oxygens (including phenoxy) is 1. The summed E-state index contributed by atoms with van der Waals surface area (Å²) in [6.45, 7) is 7.84. The van der Waals surface area contributed by atoms with Crippen LogP contribution < -0.4 is 4.72 Å². The van der Waals surface area contributed by atoms with Crippen molar-refractivity contribution >= 4 is 21.4 Å². The van der Waals surface area contributed by atoms with Gasteiger partial charge in [-0.15, -0.1) is 11.3 Å². The number of thiazole rings is 1. The lowest BCUT2D eigenvalue weighted by Crippen LogP contribution is -2.64. The molecule has 0 aliphatic carbocycles. The first kappa shape index (κ1) is 17.3. The van der Waals surface area contributed by atoms with Crippen LogP contribution in [-0.2, 0) is 21.3 Å². The molecular weight excluding hydrogens is 334 g/mol. The van der Waals surface area contributed by atoms with E-state index in [2.05, 4.69) is 21.5 Å². The average Bonchev–Trinajstić information content (AvgIpc) is 3.06. The summed E-state index contributed by atoms with van der Waals surface area (Å²) in [5.74, 6) is 0.585. The third-order valence-electron chi connectivity index (χ3n) is 4.99. The monoisotopic (exact) mass is 359 g/mol. The predicted octanol–water partition coefficient (Wildman–Crippen LogP) is 1.37. The fourth-order valence-corrected chi connectivity index (χ4v) is 4.99. The van der Waals surface area contributed by atoms with Crippen molar-refractivity contribution in [2.45, 2.75) is 38.8 Å². The Kier molecular flexibility index (Phi) is 5.08. The normalized spacial score (nSPS) is 24.2. The van der Waals surface area contributed by atoms with Gasteiger partial charge in [0.25, 0.3) is 0 Å². The molecule has 0 radical (unpaired) electrons. The van der Waals surface area contributed by atoms with E-state index in [-0.39, 0.29) is 11.4 Å². The molecule has 0 unspecified atom stereocenters. The Hall–Kier alpha value is -0.540. The van der Waals surface area contributed by atoms with Crippen LogP contribution in [-0.4, -0.2) is 55.9 Å². The third kappa shape index (κ3) is 3.76. The topological polar surface area (TPSA) is 71.5 Å². The van der Waals surface area contributed by atoms with Gasteiger partial charge in [0.15, 0.2) is 0 Å². The van der Waals surface area contributed by atoms with E-state index in [0.717, 1.165) is 44.8 Å². The summed E-state index contributed by atoms with van der Waals surface area (Å²) >= 11 is 1.71. The summed E-state index contributed by atoms with van der Waals surface area (Å²) in [6.07, 6.45) is 1.88. The Morgan fingerprint density at radius 2 is 2.30 bits per heavy atom. The number of nitrogens with zero attached hydrogens (tertiary/aromatic N) is 2. The van der Waals surface area contributed by atoms with E-state index in [1.165, 1.54) is 4.88 Å². The van der Waals surface area contributed by atoms with Crippen molar-refractivity contribution in [3.63, 3.8) is 0 Å². The summed E-state index contributed by atoms with van der Waals surface area (Å²) in [5.41, 5.74) is 2.96. The molecule has 1 spiro atoms. The lowest BCUT2D eigenvalue weighted by molar-refractivity contribution is -0.136. The van der Waals surface area contributed by atoms with Crippen molar-refractivity contribution in [2.24, 2.45) is 5.92 Å². The van der Waals surface area contributed by atoms with Crippen molar-refractivity contribution in [2.75, 3.05) is 32.0 Å². The zero-order valence-electron chi connectivity index (χ0n) is 13.7. The largest absolute Gasteiger partial charge is 0.372 e. The summed E-state index contributed by atoms with van der Waals surface area (Å²) in [5, 5.41) is 0. The smallest absolute Gasteiger partial charge is 0.211 e. The minimum Gasteiger partial charge on any atom is -0.372 e. The first-order chi connectivity index (χ1) is 10.9. The number of nitrogens with one attached hydrogen (secondary N) is 1. The number of rotatable bonds is 7. The van der Waals surface area contributed by atoms with Crippen LogP contribution in [0.4, 0.5) is 0 Å². The molecular formula is C15H25N3O3S2. The predicted molar refractivity (Wildman–Crippen MR) is 91.0 cm³/mol. The van der Waals surface area contributed by atoms with Gasteiger partial charge < -0.3 is 4.74 Å². The Labute approximate surface area is 142 Å². The maximum Gasteiger partial charge on any atom is 0.211 e. The van der Waals surface area contributed by atoms with Crippen LogP contribution in [0.25, 0.3) is 0 Å². The van der Waals surface area contributed by atoms with Crippen LogP contribution in [0.15, 0.2) is 5.51 Å². The highest BCUT2D eigenvalue weighted by Crippen LogP contribution is 2.42. The number of sulfonamides is 1. The second kappa shape index (κ2) is 6.76. The Bertz CT molecular complexity index is 638. The van der Waals surface area contributed by atoms with Crippen molar-refractivity contribution in [3.8, 4) is 0 Å². The zero-order chi connectivity index (χ0) is 16.5. The fraction of sp³-hybridized carbons (Fsp3) is 0.800. The fourth-order valence-electron chi connectivity index (χ4n) is 3.54. The van der Waals surface area contributed by atoms with E-state index in [1.807, 2.05) is 5.51 Å². The lowest BCUT2D eigenvalue weighted by atomic mass is 9.79. The van der Waals surface area contributed by atoms with E-state index >= 15 is 0 Å². The van der Waals surface area contributed by atoms with Gasteiger partial charge in [-0.25, -0.2) is 18.1 Å². The molecule has 1 atom stereocenters. The first-order valence-corrected chi connectivity index (χ1v) is 10.7. The summed E-state index contributed by atoms with van der Waals surface area (Å²) in [4.78, 5) is 8.02. The van der Waals surface area contributed by atoms with Gasteiger partial charge in [-0.2, -0.15) is 0 Å². The second-order valence-electron chi connectivity index (χ2n) is 6.49. The van der Waals surface area contributed by atoms with Crippen LogP contribution in [0.5, 0.6) is 0 Å². The quantitative estimate of drug-likeness (QED) is 0.796. The first-order valence-electron chi connectivity index (χ1n) is 8.17. The number of hydrogen-bond donors (Lipinski definition) is 1. The third-order valence-corrected chi connectivity index (χ3v) is 7.31. The van der Waals surface area contributed by atoms with Gasteiger partial charge in [-0.1, -0.05) is 0 Å². The SMILES string of the molecule is CCS(=O)(=O)NCC[C@H]1CCOC12CN(Cc1scnc1C)C2. The zero-order valence-corrected chi connectivity index (χ0v) is 15.4. The molecule has 2 fully saturated rings. The van der Waals surface area contributed by atoms with Crippen LogP contribution in [0.1, 0.15) is 30.3 Å². The summed E-state index contributed by atoms with van der Waals surface area (Å²) in [7, 11) is -3.09. The highest BCUT2D eigenvalue weighted by Gasteiger charge is 2.52. The van der Waals surface area contributed by atoms with Gasteiger partial charge in [0.2, 0.25) is 10.0 Å². The molecule has 0 aromatic carbocycles. The van der Waals surface area contributed by atoms with Crippen molar-refractivity contribution in [1.82, 2.24) is 14.6 Å². The van der Waals surface area contributed by atoms with Gasteiger partial charge in [0.1, 0.15) is 0 Å². The number of hydrogen-bond acceptors (Lipinski definition) is 6. The van der Waals surface area contributed by atoms with Gasteiger partial charge in [-0.05, 0) is 32.6 Å². The maximum absolute atomic E-state index is 11.5. The number of aromatic nitrogens is 1. The molecule has 1 N–H and O–H groups in total. The lowest BCUT2D eigenvalue weighted by Gasteiger charge is -2.50. The van der Waals surface area contributed by atoms with E-state index in [9.17, 15) is 8.42 Å². The standard InChI is InChI=1S/C15H25N3O3S2/c1-3-23(19,20)17-6-4-13-5-7-21-15(13)9-18(10-15)8-14-12(2)16-11-22-14/h11,13,17H,3-10H2,1-2H3/t13-/m0/s1. The van der Waals surface area contributed by atoms with Gasteiger partial charge in [0, 0.05) is 37.7 Å². The molecule has 1 aromatic heterocycles. The molecule has 3 heterocycles. The molecule has 0 saturated carbocycles. The van der Waals surface area contributed by atoms with Crippen molar-refractivity contribution in [1.29, 1.82) is 0 Å². The molecule has 0 bridgehead atoms. The number of aryl methyl sites for hydroxylation is 1. The molecule has 8 heteroatoms. The minimum absolute atomic E-state index is 0.0593. The highest BCUT2D eigenvalue weighted by molar-refractivity contribution is 7.89. The van der Waals surface area contributed by atoms with Crippen LogP contribution in [0, 0.1) is 12.8 Å². The summed E-state index contributed by atoms with van der Waals surface area (Å²) in [6, 6.07) is 0. The van der Waals surface area contributed by atoms with Crippen molar-refractivity contribution < 1.29 is 13.2 Å². The highest BCUT2D eigenvalue weighted by atomic mass is 32.2. The maximum atomic E-state index is 11.5. The Morgan fingerprint density at radius 3 is 2.96 bits per heavy atom. The molecule has 130 valence electrons. The molecule has 2 saturated heterocycles. The van der Waals surface area contributed by atoms with Crippen LogP contribution in [0.3, 0.4) is 0 Å². The Balaban J connectivity index is 1.49. The Morgan fingerprint density at radius 1 is 1.52 bits per heavy atom. The van der Waals surface area contributed by atoms with Gasteiger partial charge in [-0.3, -0.25) is 4.90 Å². The van der Waals surface area contributed by atoms with Gasteiger partial charge in [0.05, 0.1) is 22.6 Å². The molecule has 3 rings (SSSR count). The molecule has 1 aromatic rings. The minimum atomic E-state index is -3.09. The molecule has 23 heavy (non-hydrogen) atoms. The number of likely N-dealkylation sites (tertiary alicyclic amines) is 1. The average molecular weight is 360 g/mol. The summed E-state index contributed by atoms with van der Waals surface area (Å²) < 4.78 is 31.8. The molecule has 6 nitrogen and oxygen atoms in total.